The zero-order valence-electron chi connectivity index (χ0n) is 12.3. The van der Waals surface area contributed by atoms with E-state index >= 15 is 0 Å². The van der Waals surface area contributed by atoms with Crippen molar-refractivity contribution >= 4 is 11.8 Å². The molecule has 21 heavy (non-hydrogen) atoms. The molecule has 2 unspecified atom stereocenters. The molecule has 1 aromatic rings. The van der Waals surface area contributed by atoms with Gasteiger partial charge in [-0.15, -0.1) is 0 Å². The lowest BCUT2D eigenvalue weighted by Gasteiger charge is -2.29. The molecular formula is C16H22N2O3. The maximum atomic E-state index is 12.3. The van der Waals surface area contributed by atoms with Gasteiger partial charge >= 0.3 is 0 Å². The van der Waals surface area contributed by atoms with Crippen LogP contribution in [0.4, 0.5) is 0 Å². The molecule has 0 aromatic heterocycles. The molecule has 1 saturated carbocycles. The number of benzene rings is 1. The van der Waals surface area contributed by atoms with E-state index in [1.54, 1.807) is 24.3 Å². The highest BCUT2D eigenvalue weighted by molar-refractivity contribution is 5.94. The molecule has 1 aliphatic rings. The van der Waals surface area contributed by atoms with E-state index in [9.17, 15) is 9.59 Å². The van der Waals surface area contributed by atoms with E-state index in [0.717, 1.165) is 19.3 Å². The van der Waals surface area contributed by atoms with Crippen LogP contribution in [0.15, 0.2) is 24.3 Å². The molecule has 5 heteroatoms. The highest BCUT2D eigenvalue weighted by atomic mass is 16.5. The Bertz CT molecular complexity index is 516. The SMILES string of the molecule is CC1CCCCC1NC(=O)c1cccc(OCC(N)=O)c1. The summed E-state index contributed by atoms with van der Waals surface area (Å²) in [7, 11) is 0. The third-order valence-corrected chi connectivity index (χ3v) is 3.91. The molecule has 114 valence electrons. The number of nitrogens with two attached hydrogens (primary N) is 1. The Hall–Kier alpha value is -2.04. The summed E-state index contributed by atoms with van der Waals surface area (Å²) in [5.41, 5.74) is 5.57. The molecule has 1 fully saturated rings. The number of hydrogen-bond acceptors (Lipinski definition) is 3. The fraction of sp³-hybridized carbons (Fsp3) is 0.500. The Morgan fingerprint density at radius 2 is 2.10 bits per heavy atom. The van der Waals surface area contributed by atoms with Crippen molar-refractivity contribution in [3.8, 4) is 5.75 Å². The molecule has 1 aliphatic carbocycles. The summed E-state index contributed by atoms with van der Waals surface area (Å²) < 4.78 is 5.21. The highest BCUT2D eigenvalue weighted by Crippen LogP contribution is 2.24. The Morgan fingerprint density at radius 1 is 1.33 bits per heavy atom. The summed E-state index contributed by atoms with van der Waals surface area (Å²) in [5.74, 6) is 0.342. The van der Waals surface area contributed by atoms with Crippen molar-refractivity contribution < 1.29 is 14.3 Å². The number of ether oxygens (including phenoxy) is 1. The molecule has 0 aliphatic heterocycles. The van der Waals surface area contributed by atoms with Gasteiger partial charge in [-0.1, -0.05) is 25.8 Å². The van der Waals surface area contributed by atoms with Gasteiger partial charge in [0, 0.05) is 11.6 Å². The molecule has 2 atom stereocenters. The maximum Gasteiger partial charge on any atom is 0.255 e. The molecule has 3 N–H and O–H groups in total. The average molecular weight is 290 g/mol. The van der Waals surface area contributed by atoms with Crippen molar-refractivity contribution in [3.63, 3.8) is 0 Å². The normalized spacial score (nSPS) is 21.6. The quantitative estimate of drug-likeness (QED) is 0.868. The van der Waals surface area contributed by atoms with Crippen LogP contribution in [-0.2, 0) is 4.79 Å². The van der Waals surface area contributed by atoms with E-state index in [0.29, 0.717) is 17.2 Å². The smallest absolute Gasteiger partial charge is 0.255 e. The minimum absolute atomic E-state index is 0.0988. The van der Waals surface area contributed by atoms with Crippen LogP contribution in [0.25, 0.3) is 0 Å². The summed E-state index contributed by atoms with van der Waals surface area (Å²) >= 11 is 0. The van der Waals surface area contributed by atoms with Crippen LogP contribution in [0.3, 0.4) is 0 Å². The van der Waals surface area contributed by atoms with E-state index in [2.05, 4.69) is 12.2 Å². The van der Waals surface area contributed by atoms with Crippen molar-refractivity contribution in [2.75, 3.05) is 6.61 Å². The topological polar surface area (TPSA) is 81.4 Å². The van der Waals surface area contributed by atoms with Gasteiger partial charge in [0.15, 0.2) is 6.61 Å². The molecule has 0 bridgehead atoms. The van der Waals surface area contributed by atoms with E-state index < -0.39 is 5.91 Å². The lowest BCUT2D eigenvalue weighted by molar-refractivity contribution is -0.119. The highest BCUT2D eigenvalue weighted by Gasteiger charge is 2.23. The van der Waals surface area contributed by atoms with Gasteiger partial charge in [0.1, 0.15) is 5.75 Å². The molecule has 0 heterocycles. The van der Waals surface area contributed by atoms with Gasteiger partial charge in [-0.05, 0) is 37.0 Å². The number of nitrogens with one attached hydrogen (secondary N) is 1. The zero-order valence-corrected chi connectivity index (χ0v) is 12.3. The Kier molecular flexibility index (Phi) is 5.20. The molecule has 5 nitrogen and oxygen atoms in total. The van der Waals surface area contributed by atoms with Gasteiger partial charge in [-0.3, -0.25) is 9.59 Å². The minimum Gasteiger partial charge on any atom is -0.484 e. The van der Waals surface area contributed by atoms with Crippen LogP contribution >= 0.6 is 0 Å². The first-order valence-corrected chi connectivity index (χ1v) is 7.38. The summed E-state index contributed by atoms with van der Waals surface area (Å²) in [6.07, 6.45) is 4.60. The van der Waals surface area contributed by atoms with Gasteiger partial charge in [-0.25, -0.2) is 0 Å². The maximum absolute atomic E-state index is 12.3. The Morgan fingerprint density at radius 3 is 2.81 bits per heavy atom. The lowest BCUT2D eigenvalue weighted by atomic mass is 9.86. The first-order valence-electron chi connectivity index (χ1n) is 7.38. The van der Waals surface area contributed by atoms with Gasteiger partial charge in [-0.2, -0.15) is 0 Å². The van der Waals surface area contributed by atoms with Crippen molar-refractivity contribution in [3.05, 3.63) is 29.8 Å². The first kappa shape index (κ1) is 15.4. The van der Waals surface area contributed by atoms with Crippen LogP contribution in [0.2, 0.25) is 0 Å². The number of amides is 2. The third kappa shape index (κ3) is 4.48. The fourth-order valence-corrected chi connectivity index (χ4v) is 2.66. The average Bonchev–Trinajstić information content (AvgIpc) is 2.48. The monoisotopic (exact) mass is 290 g/mol. The number of carbonyl (C=O) groups excluding carboxylic acids is 2. The van der Waals surface area contributed by atoms with E-state index in [4.69, 9.17) is 10.5 Å². The van der Waals surface area contributed by atoms with E-state index in [1.165, 1.54) is 6.42 Å². The van der Waals surface area contributed by atoms with Crippen molar-refractivity contribution in [2.24, 2.45) is 11.7 Å². The van der Waals surface area contributed by atoms with Gasteiger partial charge < -0.3 is 15.8 Å². The summed E-state index contributed by atoms with van der Waals surface area (Å²) in [4.78, 5) is 23.0. The van der Waals surface area contributed by atoms with Crippen molar-refractivity contribution in [1.82, 2.24) is 5.32 Å². The number of hydrogen-bond donors (Lipinski definition) is 2. The summed E-state index contributed by atoms with van der Waals surface area (Å²) in [6, 6.07) is 7.03. The number of primary amides is 1. The van der Waals surface area contributed by atoms with Crippen molar-refractivity contribution in [1.29, 1.82) is 0 Å². The number of carbonyl (C=O) groups is 2. The second-order valence-electron chi connectivity index (χ2n) is 5.62. The van der Waals surface area contributed by atoms with Crippen LogP contribution in [0, 0.1) is 5.92 Å². The predicted molar refractivity (Wildman–Crippen MR) is 80.0 cm³/mol. The van der Waals surface area contributed by atoms with Crippen LogP contribution in [-0.4, -0.2) is 24.5 Å². The van der Waals surface area contributed by atoms with Crippen LogP contribution in [0.1, 0.15) is 43.0 Å². The first-order chi connectivity index (χ1) is 10.1. The van der Waals surface area contributed by atoms with E-state index in [-0.39, 0.29) is 18.6 Å². The second-order valence-corrected chi connectivity index (χ2v) is 5.62. The Labute approximate surface area is 124 Å². The Balaban J connectivity index is 1.98. The largest absolute Gasteiger partial charge is 0.484 e. The molecule has 0 spiro atoms. The zero-order chi connectivity index (χ0) is 15.2. The van der Waals surface area contributed by atoms with Crippen molar-refractivity contribution in [2.45, 2.75) is 38.6 Å². The predicted octanol–water partition coefficient (Wildman–Crippen LogP) is 1.86. The lowest BCUT2D eigenvalue weighted by Crippen LogP contribution is -2.41. The third-order valence-electron chi connectivity index (χ3n) is 3.91. The molecular weight excluding hydrogens is 268 g/mol. The van der Waals surface area contributed by atoms with Crippen LogP contribution < -0.4 is 15.8 Å². The van der Waals surface area contributed by atoms with Gasteiger partial charge in [0.25, 0.3) is 11.8 Å². The van der Waals surface area contributed by atoms with Crippen LogP contribution in [0.5, 0.6) is 5.75 Å². The summed E-state index contributed by atoms with van der Waals surface area (Å²) in [5, 5.41) is 3.09. The molecule has 0 radical (unpaired) electrons. The fourth-order valence-electron chi connectivity index (χ4n) is 2.66. The molecule has 1 aromatic carbocycles. The van der Waals surface area contributed by atoms with Gasteiger partial charge in [0.2, 0.25) is 0 Å². The van der Waals surface area contributed by atoms with Gasteiger partial charge in [0.05, 0.1) is 0 Å². The summed E-state index contributed by atoms with van der Waals surface area (Å²) in [6.45, 7) is 1.99. The minimum atomic E-state index is -0.541. The second kappa shape index (κ2) is 7.11. The molecule has 2 amide bonds. The van der Waals surface area contributed by atoms with E-state index in [1.807, 2.05) is 0 Å². The molecule has 0 saturated heterocycles. The standard InChI is InChI=1S/C16H22N2O3/c1-11-5-2-3-8-14(11)18-16(20)12-6-4-7-13(9-12)21-10-15(17)19/h4,6-7,9,11,14H,2-3,5,8,10H2,1H3,(H2,17,19)(H,18,20). The molecule has 2 rings (SSSR count). The number of rotatable bonds is 5.